The molecule has 0 aliphatic carbocycles. The van der Waals surface area contributed by atoms with Crippen LogP contribution in [0.4, 0.5) is 17.1 Å². The minimum atomic E-state index is -0.142. The highest BCUT2D eigenvalue weighted by molar-refractivity contribution is 6.40. The number of benzene rings is 7. The highest BCUT2D eigenvalue weighted by Crippen LogP contribution is 2.51. The molecule has 0 atom stereocenters. The van der Waals surface area contributed by atoms with E-state index >= 15 is 0 Å². The first-order valence-electron chi connectivity index (χ1n) is 12.7. The van der Waals surface area contributed by atoms with Gasteiger partial charge in [0.05, 0.1) is 42.5 Å². The van der Waals surface area contributed by atoms with Crippen LogP contribution in [0.5, 0.6) is 0 Å². The number of nitriles is 3. The fourth-order valence-corrected chi connectivity index (χ4v) is 6.27. The Morgan fingerprint density at radius 2 is 0.881 bits per heavy atom. The molecular weight excluding hydrogens is 516 g/mol. The smallest absolute Gasteiger partial charge is 0.202 e. The van der Waals surface area contributed by atoms with Crippen molar-refractivity contribution in [2.75, 3.05) is 0 Å². The molecule has 0 fully saturated rings. The average molecular weight is 529 g/mol. The molecule has 0 aromatic heterocycles. The van der Waals surface area contributed by atoms with Gasteiger partial charge in [-0.1, -0.05) is 54.6 Å². The summed E-state index contributed by atoms with van der Waals surface area (Å²) in [6.07, 6.45) is 0. The average Bonchev–Trinajstić information content (AvgIpc) is 3.05. The van der Waals surface area contributed by atoms with Crippen molar-refractivity contribution in [3.63, 3.8) is 0 Å². The Labute approximate surface area is 239 Å². The summed E-state index contributed by atoms with van der Waals surface area (Å²) in [5.41, 5.74) is 0.275. The van der Waals surface area contributed by atoms with Gasteiger partial charge in [-0.05, 0) is 82.8 Å². The third-order valence-corrected chi connectivity index (χ3v) is 7.98. The molecule has 0 spiro atoms. The quantitative estimate of drug-likeness (QED) is 0.112. The number of hydrogen-bond donors (Lipinski definition) is 0. The molecule has 7 rings (SSSR count). The Balaban J connectivity index is 1.93. The van der Waals surface area contributed by atoms with E-state index in [-0.39, 0.29) is 33.8 Å². The van der Waals surface area contributed by atoms with Crippen molar-refractivity contribution in [3.8, 4) is 18.2 Å². The summed E-state index contributed by atoms with van der Waals surface area (Å²) in [5.74, 6) is 0. The van der Waals surface area contributed by atoms with Crippen molar-refractivity contribution in [2.24, 2.45) is 0 Å². The van der Waals surface area contributed by atoms with Gasteiger partial charge in [-0.15, -0.1) is 0 Å². The monoisotopic (exact) mass is 528 g/mol. The number of nitrogens with zero attached hydrogens (tertiary/aromatic N) is 6. The van der Waals surface area contributed by atoms with Gasteiger partial charge < -0.3 is 0 Å². The highest BCUT2D eigenvalue weighted by Gasteiger charge is 2.23. The van der Waals surface area contributed by atoms with E-state index in [0.29, 0.717) is 21.5 Å². The zero-order valence-electron chi connectivity index (χ0n) is 21.6. The minimum Gasteiger partial charge on any atom is -0.262 e. The second kappa shape index (κ2) is 8.78. The maximum Gasteiger partial charge on any atom is 0.202 e. The van der Waals surface area contributed by atoms with E-state index in [1.54, 1.807) is 18.2 Å². The summed E-state index contributed by atoms with van der Waals surface area (Å²) in [4.78, 5) is 10.6. The molecule has 0 heterocycles. The van der Waals surface area contributed by atoms with Gasteiger partial charge >= 0.3 is 0 Å². The molecule has 7 aromatic carbocycles. The van der Waals surface area contributed by atoms with Gasteiger partial charge in [0, 0.05) is 0 Å². The van der Waals surface area contributed by atoms with E-state index in [9.17, 15) is 15.8 Å². The molecule has 0 bridgehead atoms. The lowest BCUT2D eigenvalue weighted by Gasteiger charge is -2.18. The molecule has 0 unspecified atom stereocenters. The van der Waals surface area contributed by atoms with E-state index in [0.717, 1.165) is 43.1 Å². The van der Waals surface area contributed by atoms with Crippen LogP contribution in [-0.2, 0) is 0 Å². The molecule has 0 amide bonds. The number of hydrogen-bond acceptors (Lipinski definition) is 3. The number of rotatable bonds is 0. The van der Waals surface area contributed by atoms with Crippen LogP contribution in [-0.4, -0.2) is 0 Å². The van der Waals surface area contributed by atoms with E-state index in [2.05, 4.69) is 44.9 Å². The molecule has 6 nitrogen and oxygen atoms in total. The topological polar surface area (TPSA) is 84.5 Å². The molecular formula is C36H12N6. The largest absolute Gasteiger partial charge is 0.262 e. The van der Waals surface area contributed by atoms with Crippen LogP contribution in [0.1, 0.15) is 16.7 Å². The number of fused-ring (bicyclic) bond motifs is 12. The van der Waals surface area contributed by atoms with Gasteiger partial charge in [0.25, 0.3) is 0 Å². The van der Waals surface area contributed by atoms with Gasteiger partial charge in [-0.25, -0.2) is 0 Å². The van der Waals surface area contributed by atoms with E-state index in [1.807, 2.05) is 42.5 Å². The molecule has 0 saturated heterocycles. The predicted octanol–water partition coefficient (Wildman–Crippen LogP) is 9.87. The van der Waals surface area contributed by atoms with Gasteiger partial charge in [0.15, 0.2) is 5.69 Å². The zero-order chi connectivity index (χ0) is 29.1. The summed E-state index contributed by atoms with van der Waals surface area (Å²) in [6, 6.07) is 29.6. The minimum absolute atomic E-state index is 0.0304. The van der Waals surface area contributed by atoms with Crippen LogP contribution in [0.3, 0.4) is 0 Å². The van der Waals surface area contributed by atoms with Crippen molar-refractivity contribution >= 4 is 81.7 Å². The third kappa shape index (κ3) is 2.96. The summed E-state index contributed by atoms with van der Waals surface area (Å²) in [5, 5.41) is 39.6. The van der Waals surface area contributed by atoms with Crippen molar-refractivity contribution in [3.05, 3.63) is 124 Å². The Morgan fingerprint density at radius 1 is 0.429 bits per heavy atom. The summed E-state index contributed by atoms with van der Waals surface area (Å²) >= 11 is 0. The van der Waals surface area contributed by atoms with Crippen LogP contribution < -0.4 is 0 Å². The molecule has 42 heavy (non-hydrogen) atoms. The summed E-state index contributed by atoms with van der Waals surface area (Å²) in [7, 11) is 0. The highest BCUT2D eigenvalue weighted by atomic mass is 14.8. The van der Waals surface area contributed by atoms with Crippen molar-refractivity contribution in [1.29, 1.82) is 15.8 Å². The van der Waals surface area contributed by atoms with Gasteiger partial charge in [-0.3, -0.25) is 14.5 Å². The molecule has 0 N–H and O–H groups in total. The molecule has 0 saturated carbocycles. The fraction of sp³-hybridized carbons (Fsp3) is 0. The molecule has 186 valence electrons. The zero-order valence-corrected chi connectivity index (χ0v) is 21.6. The van der Waals surface area contributed by atoms with Crippen LogP contribution in [0.25, 0.3) is 79.2 Å². The first-order chi connectivity index (χ1) is 20.6. The maximum absolute atomic E-state index is 10.1. The SMILES string of the molecule is [C-]#[N+]c1c([N+]#[C-])c([N+]#[C-])c2cc3c(cc2c1C#N)c1cc(C#N)c(C#N)cc1c1c2ccccc2c2ccccc2c31. The maximum atomic E-state index is 10.1. The lowest BCUT2D eigenvalue weighted by atomic mass is 9.84. The Bertz CT molecular complexity index is 2690. The summed E-state index contributed by atoms with van der Waals surface area (Å²) in [6.45, 7) is 23.4. The van der Waals surface area contributed by atoms with Gasteiger partial charge in [-0.2, -0.15) is 15.8 Å². The molecule has 0 aliphatic rings. The normalized spacial score (nSPS) is 10.7. The van der Waals surface area contributed by atoms with Gasteiger partial charge in [0.1, 0.15) is 12.1 Å². The fourth-order valence-electron chi connectivity index (χ4n) is 6.27. The van der Waals surface area contributed by atoms with Crippen LogP contribution >= 0.6 is 0 Å². The molecule has 7 aromatic rings. The van der Waals surface area contributed by atoms with E-state index in [4.69, 9.17) is 19.7 Å². The molecule has 0 radical (unpaired) electrons. The lowest BCUT2D eigenvalue weighted by molar-refractivity contribution is 1.45. The Kier molecular flexibility index (Phi) is 5.04. The first-order valence-corrected chi connectivity index (χ1v) is 12.7. The second-order valence-electron chi connectivity index (χ2n) is 9.82. The Hall–Kier alpha value is -6.96. The second-order valence-corrected chi connectivity index (χ2v) is 9.82. The van der Waals surface area contributed by atoms with Gasteiger partial charge in [0.2, 0.25) is 11.4 Å². The van der Waals surface area contributed by atoms with Crippen molar-refractivity contribution in [2.45, 2.75) is 0 Å². The van der Waals surface area contributed by atoms with Crippen molar-refractivity contribution < 1.29 is 0 Å². The van der Waals surface area contributed by atoms with Crippen LogP contribution in [0.15, 0.2) is 72.8 Å². The first kappa shape index (κ1) is 24.1. The molecule has 0 aliphatic heterocycles. The predicted molar refractivity (Wildman–Crippen MR) is 164 cm³/mol. The third-order valence-electron chi connectivity index (χ3n) is 7.98. The standard InChI is InChI=1S/C36H12N6/c1-40-34-30-15-29-26(14-27(30)31(18-39)35(41-2)36(34)42-3)25-12-19(16-37)20(17-38)13-28(25)32-23-10-6-4-8-21(23)22-9-5-7-11-24(22)33(29)32/h4-15H. The van der Waals surface area contributed by atoms with Crippen LogP contribution in [0.2, 0.25) is 0 Å². The molecule has 6 heteroatoms. The Morgan fingerprint density at radius 3 is 1.38 bits per heavy atom. The lowest BCUT2D eigenvalue weighted by Crippen LogP contribution is -1.92. The van der Waals surface area contributed by atoms with E-state index < -0.39 is 0 Å². The van der Waals surface area contributed by atoms with Crippen LogP contribution in [0, 0.1) is 53.7 Å². The summed E-state index contributed by atoms with van der Waals surface area (Å²) < 4.78 is 0. The van der Waals surface area contributed by atoms with E-state index in [1.165, 1.54) is 0 Å². The van der Waals surface area contributed by atoms with Crippen molar-refractivity contribution in [1.82, 2.24) is 0 Å².